The van der Waals surface area contributed by atoms with E-state index in [0.717, 1.165) is 28.4 Å². The molecule has 1 saturated heterocycles. The summed E-state index contributed by atoms with van der Waals surface area (Å²) in [5, 5.41) is 4.38. The van der Waals surface area contributed by atoms with Crippen LogP contribution < -0.4 is 10.2 Å². The Kier molecular flexibility index (Phi) is 6.33. The number of nitrogens with zero attached hydrogens (tertiary/aromatic N) is 5. The summed E-state index contributed by atoms with van der Waals surface area (Å²) in [5.74, 6) is 0.0355. The van der Waals surface area contributed by atoms with Crippen molar-refractivity contribution in [3.05, 3.63) is 53.2 Å². The molecular formula is C21H22ClFN6OS. The van der Waals surface area contributed by atoms with E-state index in [9.17, 15) is 9.18 Å². The molecule has 0 aliphatic carbocycles. The SMILES string of the molecule is CN(C)c1nc(C(=O)N2CCCC2CNc2ncc(Cl)cn2)c(-c2ccc(F)cc2)s1. The Balaban J connectivity index is 1.57. The van der Waals surface area contributed by atoms with Crippen LogP contribution in [0.25, 0.3) is 10.4 Å². The van der Waals surface area contributed by atoms with Crippen LogP contribution in [0, 0.1) is 5.82 Å². The van der Waals surface area contributed by atoms with Crippen molar-refractivity contribution >= 4 is 39.9 Å². The van der Waals surface area contributed by atoms with Crippen LogP contribution in [0.2, 0.25) is 5.02 Å². The molecule has 1 unspecified atom stereocenters. The van der Waals surface area contributed by atoms with Crippen molar-refractivity contribution in [2.75, 3.05) is 37.4 Å². The maximum absolute atomic E-state index is 13.5. The van der Waals surface area contributed by atoms with Crippen LogP contribution in [0.5, 0.6) is 0 Å². The number of rotatable bonds is 6. The fourth-order valence-electron chi connectivity index (χ4n) is 3.51. The zero-order valence-corrected chi connectivity index (χ0v) is 18.8. The monoisotopic (exact) mass is 460 g/mol. The Morgan fingerprint density at radius 2 is 2.00 bits per heavy atom. The second-order valence-corrected chi connectivity index (χ2v) is 8.89. The van der Waals surface area contributed by atoms with Gasteiger partial charge in [-0.1, -0.05) is 35.1 Å². The molecule has 0 spiro atoms. The van der Waals surface area contributed by atoms with Gasteiger partial charge < -0.3 is 15.1 Å². The highest BCUT2D eigenvalue weighted by molar-refractivity contribution is 7.19. The molecule has 1 aliphatic rings. The number of amides is 1. The average molecular weight is 461 g/mol. The molecule has 0 radical (unpaired) electrons. The maximum atomic E-state index is 13.5. The van der Waals surface area contributed by atoms with Crippen LogP contribution in [-0.2, 0) is 0 Å². The van der Waals surface area contributed by atoms with Gasteiger partial charge in [-0.2, -0.15) is 0 Å². The third-order valence-electron chi connectivity index (χ3n) is 5.06. The van der Waals surface area contributed by atoms with E-state index in [1.807, 2.05) is 23.9 Å². The molecule has 0 bridgehead atoms. The van der Waals surface area contributed by atoms with Crippen molar-refractivity contribution < 1.29 is 9.18 Å². The highest BCUT2D eigenvalue weighted by atomic mass is 35.5. The lowest BCUT2D eigenvalue weighted by Gasteiger charge is -2.24. The van der Waals surface area contributed by atoms with E-state index >= 15 is 0 Å². The topological polar surface area (TPSA) is 74.2 Å². The molecule has 1 aromatic carbocycles. The number of hydrogen-bond donors (Lipinski definition) is 1. The number of carbonyl (C=O) groups is 1. The van der Waals surface area contributed by atoms with E-state index in [2.05, 4.69) is 20.3 Å². The van der Waals surface area contributed by atoms with E-state index < -0.39 is 0 Å². The fraction of sp³-hybridized carbons (Fsp3) is 0.333. The van der Waals surface area contributed by atoms with Crippen LogP contribution in [0.4, 0.5) is 15.5 Å². The lowest BCUT2D eigenvalue weighted by atomic mass is 10.1. The van der Waals surface area contributed by atoms with Gasteiger partial charge in [-0.3, -0.25) is 4.79 Å². The van der Waals surface area contributed by atoms with E-state index in [4.69, 9.17) is 11.6 Å². The molecule has 1 N–H and O–H groups in total. The molecule has 1 aliphatic heterocycles. The number of thiazole rings is 1. The van der Waals surface area contributed by atoms with Crippen molar-refractivity contribution in [2.24, 2.45) is 0 Å². The van der Waals surface area contributed by atoms with Gasteiger partial charge in [0.05, 0.1) is 22.3 Å². The van der Waals surface area contributed by atoms with Crippen molar-refractivity contribution in [1.82, 2.24) is 19.9 Å². The highest BCUT2D eigenvalue weighted by Gasteiger charge is 2.33. The summed E-state index contributed by atoms with van der Waals surface area (Å²) >= 11 is 7.26. The van der Waals surface area contributed by atoms with E-state index in [0.29, 0.717) is 29.8 Å². The number of carbonyl (C=O) groups excluding carboxylic acids is 1. The molecule has 31 heavy (non-hydrogen) atoms. The summed E-state index contributed by atoms with van der Waals surface area (Å²) in [4.78, 5) is 30.9. The van der Waals surface area contributed by atoms with Gasteiger partial charge in [0.2, 0.25) is 5.95 Å². The average Bonchev–Trinajstić information content (AvgIpc) is 3.41. The summed E-state index contributed by atoms with van der Waals surface area (Å²) in [7, 11) is 3.77. The number of likely N-dealkylation sites (tertiary alicyclic amines) is 1. The third-order valence-corrected chi connectivity index (χ3v) is 6.53. The molecule has 4 rings (SSSR count). The van der Waals surface area contributed by atoms with Crippen molar-refractivity contribution in [1.29, 1.82) is 0 Å². The maximum Gasteiger partial charge on any atom is 0.274 e. The van der Waals surface area contributed by atoms with Gasteiger partial charge >= 0.3 is 0 Å². The molecule has 10 heteroatoms. The van der Waals surface area contributed by atoms with Crippen LogP contribution in [0.15, 0.2) is 36.7 Å². The first-order valence-electron chi connectivity index (χ1n) is 9.89. The number of nitrogens with one attached hydrogen (secondary N) is 1. The summed E-state index contributed by atoms with van der Waals surface area (Å²) in [6, 6.07) is 6.15. The molecule has 0 saturated carbocycles. The van der Waals surface area contributed by atoms with Gasteiger partial charge in [0, 0.05) is 33.2 Å². The quantitative estimate of drug-likeness (QED) is 0.595. The predicted octanol–water partition coefficient (Wildman–Crippen LogP) is 4.18. The number of aromatic nitrogens is 3. The Bertz CT molecular complexity index is 1060. The van der Waals surface area contributed by atoms with E-state index in [1.54, 1.807) is 12.1 Å². The molecule has 1 amide bonds. The largest absolute Gasteiger partial charge is 0.354 e. The van der Waals surface area contributed by atoms with Gasteiger partial charge in [-0.25, -0.2) is 19.3 Å². The molecule has 7 nitrogen and oxygen atoms in total. The van der Waals surface area contributed by atoms with E-state index in [1.165, 1.54) is 35.9 Å². The predicted molar refractivity (Wildman–Crippen MR) is 121 cm³/mol. The van der Waals surface area contributed by atoms with Crippen molar-refractivity contribution in [3.8, 4) is 10.4 Å². The van der Waals surface area contributed by atoms with Gasteiger partial charge in [0.15, 0.2) is 5.13 Å². The molecule has 3 heterocycles. The lowest BCUT2D eigenvalue weighted by Crippen LogP contribution is -2.40. The summed E-state index contributed by atoms with van der Waals surface area (Å²) in [5.41, 5.74) is 1.17. The molecule has 162 valence electrons. The van der Waals surface area contributed by atoms with Crippen LogP contribution in [-0.4, -0.2) is 59.0 Å². The standard InChI is InChI=1S/C21H22ClFN6OS/c1-28(2)21-27-17(18(31-21)13-5-7-15(23)8-6-13)19(30)29-9-3-4-16(29)12-26-20-24-10-14(22)11-25-20/h5-8,10-11,16H,3-4,9,12H2,1-2H3,(H,24,25,26). The molecule has 1 fully saturated rings. The number of benzene rings is 1. The minimum atomic E-state index is -0.316. The first-order chi connectivity index (χ1) is 14.9. The zero-order chi connectivity index (χ0) is 22.0. The molecular weight excluding hydrogens is 439 g/mol. The van der Waals surface area contributed by atoms with Crippen LogP contribution >= 0.6 is 22.9 Å². The normalized spacial score (nSPS) is 15.9. The van der Waals surface area contributed by atoms with Gasteiger partial charge in [-0.15, -0.1) is 0 Å². The number of anilines is 2. The number of hydrogen-bond acceptors (Lipinski definition) is 7. The third kappa shape index (κ3) is 4.77. The Labute approximate surface area is 188 Å². The number of halogens is 2. The van der Waals surface area contributed by atoms with Gasteiger partial charge in [0.25, 0.3) is 5.91 Å². The minimum absolute atomic E-state index is 0.00245. The summed E-state index contributed by atoms with van der Waals surface area (Å²) < 4.78 is 13.4. The van der Waals surface area contributed by atoms with Gasteiger partial charge in [0.1, 0.15) is 11.5 Å². The second-order valence-electron chi connectivity index (χ2n) is 7.48. The Morgan fingerprint density at radius 3 is 2.68 bits per heavy atom. The summed E-state index contributed by atoms with van der Waals surface area (Å²) in [6.45, 7) is 1.19. The Hall–Kier alpha value is -2.78. The van der Waals surface area contributed by atoms with Crippen molar-refractivity contribution in [3.63, 3.8) is 0 Å². The fourth-order valence-corrected chi connectivity index (χ4v) is 4.59. The Morgan fingerprint density at radius 1 is 1.29 bits per heavy atom. The molecule has 2 aromatic heterocycles. The first-order valence-corrected chi connectivity index (χ1v) is 11.1. The lowest BCUT2D eigenvalue weighted by molar-refractivity contribution is 0.0739. The zero-order valence-electron chi connectivity index (χ0n) is 17.2. The highest BCUT2D eigenvalue weighted by Crippen LogP contribution is 2.36. The molecule has 1 atom stereocenters. The van der Waals surface area contributed by atoms with Crippen LogP contribution in [0.1, 0.15) is 23.3 Å². The summed E-state index contributed by atoms with van der Waals surface area (Å²) in [6.07, 6.45) is 4.85. The second kappa shape index (κ2) is 9.15. The van der Waals surface area contributed by atoms with Crippen LogP contribution in [0.3, 0.4) is 0 Å². The minimum Gasteiger partial charge on any atom is -0.354 e. The molecule has 3 aromatic rings. The van der Waals surface area contributed by atoms with Crippen molar-refractivity contribution in [2.45, 2.75) is 18.9 Å². The van der Waals surface area contributed by atoms with E-state index in [-0.39, 0.29) is 17.8 Å². The smallest absolute Gasteiger partial charge is 0.274 e. The van der Waals surface area contributed by atoms with Gasteiger partial charge in [-0.05, 0) is 30.5 Å². The first kappa shape index (κ1) is 21.5.